The van der Waals surface area contributed by atoms with Crippen LogP contribution in [0.2, 0.25) is 0 Å². The molecule has 0 unspecified atom stereocenters. The highest BCUT2D eigenvalue weighted by molar-refractivity contribution is 5.78. The van der Waals surface area contributed by atoms with Crippen LogP contribution in [0.5, 0.6) is 0 Å². The van der Waals surface area contributed by atoms with Gasteiger partial charge in [0.2, 0.25) is 11.8 Å². The summed E-state index contributed by atoms with van der Waals surface area (Å²) < 4.78 is 40.8. The van der Waals surface area contributed by atoms with Crippen LogP contribution in [0.4, 0.5) is 0 Å². The highest BCUT2D eigenvalue weighted by Gasteiger charge is 2.08. The van der Waals surface area contributed by atoms with Crippen LogP contribution in [0.15, 0.2) is 0 Å². The lowest BCUT2D eigenvalue weighted by Gasteiger charge is -2.10. The molecule has 0 aliphatic carbocycles. The van der Waals surface area contributed by atoms with Gasteiger partial charge in [-0.1, -0.05) is 0 Å². The molecule has 0 aromatic heterocycles. The first-order valence-electron chi connectivity index (χ1n) is 10.9. The maximum Gasteiger partial charge on any atom is 0.332 e. The first-order valence-corrected chi connectivity index (χ1v) is 10.9. The van der Waals surface area contributed by atoms with Crippen LogP contribution >= 0.6 is 0 Å². The minimum absolute atomic E-state index is 0.0212. The van der Waals surface area contributed by atoms with E-state index in [1.807, 2.05) is 0 Å². The molecule has 0 saturated carbocycles. The summed E-state index contributed by atoms with van der Waals surface area (Å²) in [5.41, 5.74) is 0. The summed E-state index contributed by atoms with van der Waals surface area (Å²) in [6.45, 7) is 1.45. The lowest BCUT2D eigenvalue weighted by Crippen LogP contribution is -2.32. The van der Waals surface area contributed by atoms with Crippen molar-refractivity contribution in [2.75, 3.05) is 106 Å². The minimum Gasteiger partial charge on any atom is -0.462 e. The molecule has 0 spiro atoms. The molecule has 0 bridgehead atoms. The Hall–Kier alpha value is -2.36. The number of carbonyl (C=O) groups is 4. The van der Waals surface area contributed by atoms with E-state index in [1.165, 1.54) is 0 Å². The Morgan fingerprint density at radius 1 is 0.412 bits per heavy atom. The third kappa shape index (κ3) is 19.1. The van der Waals surface area contributed by atoms with Gasteiger partial charge in [0.1, 0.15) is 39.6 Å². The van der Waals surface area contributed by atoms with Crippen LogP contribution in [0.1, 0.15) is 0 Å². The molecule has 0 radical (unpaired) electrons. The van der Waals surface area contributed by atoms with Crippen LogP contribution in [0.3, 0.4) is 0 Å². The largest absolute Gasteiger partial charge is 0.462 e. The molecular formula is C20H34N2O12. The fraction of sp³-hybridized carbons (Fsp3) is 0.800. The zero-order chi connectivity index (χ0) is 24.7. The van der Waals surface area contributed by atoms with E-state index in [4.69, 9.17) is 37.9 Å². The molecule has 0 atom stereocenters. The summed E-state index contributed by atoms with van der Waals surface area (Å²) >= 11 is 0. The molecule has 14 nitrogen and oxygen atoms in total. The van der Waals surface area contributed by atoms with Gasteiger partial charge in [-0.25, -0.2) is 9.59 Å². The fourth-order valence-corrected chi connectivity index (χ4v) is 2.24. The number of carbonyl (C=O) groups excluding carboxylic acids is 4. The summed E-state index contributed by atoms with van der Waals surface area (Å²) in [6.07, 6.45) is 0. The summed E-state index contributed by atoms with van der Waals surface area (Å²) in [7, 11) is 0. The smallest absolute Gasteiger partial charge is 0.332 e. The fourth-order valence-electron chi connectivity index (χ4n) is 2.24. The number of nitrogens with one attached hydrogen (secondary N) is 2. The van der Waals surface area contributed by atoms with E-state index in [0.29, 0.717) is 52.7 Å². The first kappa shape index (κ1) is 29.7. The molecule has 1 rings (SSSR count). The molecule has 0 aromatic rings. The van der Waals surface area contributed by atoms with Gasteiger partial charge in [0.25, 0.3) is 0 Å². The van der Waals surface area contributed by atoms with Gasteiger partial charge in [0.05, 0.1) is 52.9 Å². The monoisotopic (exact) mass is 494 g/mol. The van der Waals surface area contributed by atoms with E-state index < -0.39 is 11.9 Å². The summed E-state index contributed by atoms with van der Waals surface area (Å²) in [6, 6.07) is 0. The second kappa shape index (κ2) is 21.2. The highest BCUT2D eigenvalue weighted by Crippen LogP contribution is 1.87. The number of hydrogen-bond donors (Lipinski definition) is 2. The lowest BCUT2D eigenvalue weighted by molar-refractivity contribution is -0.152. The maximum absolute atomic E-state index is 11.6. The molecule has 1 saturated heterocycles. The minimum atomic E-state index is -0.641. The summed E-state index contributed by atoms with van der Waals surface area (Å²) in [4.78, 5) is 46.3. The van der Waals surface area contributed by atoms with Crippen molar-refractivity contribution >= 4 is 23.8 Å². The van der Waals surface area contributed by atoms with Crippen LogP contribution in [-0.4, -0.2) is 129 Å². The maximum atomic E-state index is 11.6. The number of amides is 2. The predicted molar refractivity (Wildman–Crippen MR) is 113 cm³/mol. The van der Waals surface area contributed by atoms with Crippen molar-refractivity contribution < 1.29 is 57.1 Å². The van der Waals surface area contributed by atoms with E-state index in [-0.39, 0.29) is 64.7 Å². The zero-order valence-corrected chi connectivity index (χ0v) is 19.2. The third-order valence-electron chi connectivity index (χ3n) is 3.77. The lowest BCUT2D eigenvalue weighted by atomic mass is 10.5. The average Bonchev–Trinajstić information content (AvgIpc) is 2.80. The van der Waals surface area contributed by atoms with Crippen molar-refractivity contribution in [3.63, 3.8) is 0 Å². The van der Waals surface area contributed by atoms with Crippen molar-refractivity contribution in [1.29, 1.82) is 0 Å². The molecule has 196 valence electrons. The van der Waals surface area contributed by atoms with Crippen molar-refractivity contribution in [3.05, 3.63) is 0 Å². The second-order valence-corrected chi connectivity index (χ2v) is 6.58. The Bertz CT molecular complexity index is 542. The molecule has 1 aliphatic rings. The van der Waals surface area contributed by atoms with E-state index >= 15 is 0 Å². The topological polar surface area (TPSA) is 166 Å². The quantitative estimate of drug-likeness (QED) is 0.338. The number of ether oxygens (including phenoxy) is 8. The predicted octanol–water partition coefficient (Wildman–Crippen LogP) is -2.58. The Balaban J connectivity index is 2.24. The molecular weight excluding hydrogens is 460 g/mol. The van der Waals surface area contributed by atoms with Crippen LogP contribution in [0.25, 0.3) is 0 Å². The normalized spacial score (nSPS) is 21.9. The molecule has 1 heterocycles. The molecule has 1 fully saturated rings. The molecule has 0 aromatic carbocycles. The number of rotatable bonds is 0. The number of cyclic esters (lactones) is 2. The number of esters is 2. The van der Waals surface area contributed by atoms with Crippen LogP contribution in [-0.2, 0) is 57.1 Å². The molecule has 2 N–H and O–H groups in total. The Labute approximate surface area is 197 Å². The Kier molecular flexibility index (Phi) is 18.5. The highest BCUT2D eigenvalue weighted by atomic mass is 16.6. The van der Waals surface area contributed by atoms with E-state index in [0.717, 1.165) is 0 Å². The van der Waals surface area contributed by atoms with Gasteiger partial charge in [-0.2, -0.15) is 0 Å². The Morgan fingerprint density at radius 3 is 1.18 bits per heavy atom. The summed E-state index contributed by atoms with van der Waals surface area (Å²) in [5.74, 6) is -2.05. The van der Waals surface area contributed by atoms with Crippen molar-refractivity contribution in [2.24, 2.45) is 0 Å². The molecule has 34 heavy (non-hydrogen) atoms. The van der Waals surface area contributed by atoms with Gasteiger partial charge in [-0.15, -0.1) is 0 Å². The van der Waals surface area contributed by atoms with E-state index in [9.17, 15) is 19.2 Å². The molecule has 1 aliphatic heterocycles. The first-order chi connectivity index (χ1) is 16.6. The van der Waals surface area contributed by atoms with Gasteiger partial charge < -0.3 is 48.5 Å². The van der Waals surface area contributed by atoms with Gasteiger partial charge in [0.15, 0.2) is 0 Å². The zero-order valence-electron chi connectivity index (χ0n) is 19.2. The number of hydrogen-bond acceptors (Lipinski definition) is 12. The summed E-state index contributed by atoms with van der Waals surface area (Å²) in [5, 5.41) is 5.18. The van der Waals surface area contributed by atoms with Gasteiger partial charge >= 0.3 is 11.9 Å². The van der Waals surface area contributed by atoms with E-state index in [1.54, 1.807) is 0 Å². The third-order valence-corrected chi connectivity index (χ3v) is 3.77. The standard InChI is InChI=1S/C20H34N2O12/c23-17-13-31-15-19(25)33-11-9-30-10-12-34-20(26)16-32-14-18(24)22-2-4-28-6-8-29-7-5-27-3-1-21-17/h1-16H2,(H,21,23)(H,22,24). The van der Waals surface area contributed by atoms with Gasteiger partial charge in [0, 0.05) is 13.1 Å². The van der Waals surface area contributed by atoms with Gasteiger partial charge in [-0.05, 0) is 0 Å². The Morgan fingerprint density at radius 2 is 0.765 bits per heavy atom. The SMILES string of the molecule is O=C1COCC(=O)OCCOCCOC(=O)COCC(=O)NCCOCCOCCOCCN1. The van der Waals surface area contributed by atoms with Crippen molar-refractivity contribution in [3.8, 4) is 0 Å². The molecule has 2 amide bonds. The van der Waals surface area contributed by atoms with Crippen LogP contribution in [0, 0.1) is 0 Å². The average molecular weight is 494 g/mol. The van der Waals surface area contributed by atoms with Gasteiger partial charge in [-0.3, -0.25) is 9.59 Å². The van der Waals surface area contributed by atoms with Crippen molar-refractivity contribution in [1.82, 2.24) is 10.6 Å². The second-order valence-electron chi connectivity index (χ2n) is 6.58. The molecule has 14 heteroatoms. The van der Waals surface area contributed by atoms with Crippen LogP contribution < -0.4 is 10.6 Å². The van der Waals surface area contributed by atoms with Crippen molar-refractivity contribution in [2.45, 2.75) is 0 Å². The van der Waals surface area contributed by atoms with E-state index in [2.05, 4.69) is 10.6 Å².